The minimum absolute atomic E-state index is 0.111. The summed E-state index contributed by atoms with van der Waals surface area (Å²) in [6.45, 7) is 4.02. The van der Waals surface area contributed by atoms with Gasteiger partial charge in [-0.25, -0.2) is 0 Å². The Morgan fingerprint density at radius 2 is 1.87 bits per heavy atom. The van der Waals surface area contributed by atoms with Gasteiger partial charge in [-0.1, -0.05) is 41.9 Å². The fraction of sp³-hybridized carbons (Fsp3) is 0.417. The number of carboxylic acids is 1. The van der Waals surface area contributed by atoms with Crippen molar-refractivity contribution in [1.29, 1.82) is 0 Å². The number of benzene rings is 1. The normalized spacial score (nSPS) is 27.4. The summed E-state index contributed by atoms with van der Waals surface area (Å²) in [5.41, 5.74) is 1.01. The fourth-order valence-corrected chi connectivity index (χ4v) is 2.66. The van der Waals surface area contributed by atoms with Crippen LogP contribution in [-0.4, -0.2) is 11.1 Å². The smallest absolute Gasteiger partial charge is 0.307 e. The Bertz CT molecular complexity index is 395. The topological polar surface area (TPSA) is 37.3 Å². The second kappa shape index (κ2) is 3.34. The summed E-state index contributed by atoms with van der Waals surface area (Å²) < 4.78 is 1.02. The van der Waals surface area contributed by atoms with Crippen LogP contribution in [0.4, 0.5) is 0 Å². The van der Waals surface area contributed by atoms with E-state index >= 15 is 0 Å². The van der Waals surface area contributed by atoms with Crippen molar-refractivity contribution in [2.24, 2.45) is 11.3 Å². The maximum Gasteiger partial charge on any atom is 0.307 e. The lowest BCUT2D eigenvalue weighted by molar-refractivity contribution is -0.139. The molecule has 2 rings (SSSR count). The first-order valence-corrected chi connectivity index (χ1v) is 5.72. The number of hydrogen-bond acceptors (Lipinski definition) is 1. The van der Waals surface area contributed by atoms with E-state index in [1.165, 1.54) is 0 Å². The number of rotatable bonds is 2. The van der Waals surface area contributed by atoms with Crippen molar-refractivity contribution < 1.29 is 9.90 Å². The Morgan fingerprint density at radius 3 is 2.27 bits per heavy atom. The second-order valence-corrected chi connectivity index (χ2v) is 5.58. The molecule has 1 aliphatic carbocycles. The average molecular weight is 269 g/mol. The van der Waals surface area contributed by atoms with Gasteiger partial charge in [0.25, 0.3) is 0 Å². The first-order chi connectivity index (χ1) is 6.94. The zero-order valence-corrected chi connectivity index (χ0v) is 10.3. The van der Waals surface area contributed by atoms with Crippen LogP contribution in [0.15, 0.2) is 28.7 Å². The van der Waals surface area contributed by atoms with Gasteiger partial charge in [0.2, 0.25) is 0 Å². The number of halogens is 1. The quantitative estimate of drug-likeness (QED) is 0.894. The van der Waals surface area contributed by atoms with Crippen molar-refractivity contribution in [1.82, 2.24) is 0 Å². The minimum Gasteiger partial charge on any atom is -0.481 e. The Kier molecular flexibility index (Phi) is 2.38. The Morgan fingerprint density at radius 1 is 1.33 bits per heavy atom. The lowest BCUT2D eigenvalue weighted by atomic mass is 10.0. The van der Waals surface area contributed by atoms with Gasteiger partial charge in [-0.15, -0.1) is 0 Å². The molecule has 1 aliphatic rings. The van der Waals surface area contributed by atoms with E-state index in [2.05, 4.69) is 15.9 Å². The number of carboxylic acid groups (broad SMARTS) is 1. The van der Waals surface area contributed by atoms with Gasteiger partial charge in [0.05, 0.1) is 5.92 Å². The van der Waals surface area contributed by atoms with Crippen LogP contribution in [-0.2, 0) is 4.79 Å². The largest absolute Gasteiger partial charge is 0.481 e. The van der Waals surface area contributed by atoms with E-state index < -0.39 is 5.97 Å². The minimum atomic E-state index is -0.687. The summed E-state index contributed by atoms with van der Waals surface area (Å²) in [6.07, 6.45) is 0. The van der Waals surface area contributed by atoms with Gasteiger partial charge in [0.15, 0.2) is 0 Å². The molecule has 2 atom stereocenters. The van der Waals surface area contributed by atoms with Crippen molar-refractivity contribution >= 4 is 21.9 Å². The lowest BCUT2D eigenvalue weighted by Gasteiger charge is -2.02. The van der Waals surface area contributed by atoms with Crippen molar-refractivity contribution in [3.05, 3.63) is 34.3 Å². The van der Waals surface area contributed by atoms with Gasteiger partial charge in [0.1, 0.15) is 0 Å². The highest BCUT2D eigenvalue weighted by Gasteiger charge is 2.62. The van der Waals surface area contributed by atoms with Crippen molar-refractivity contribution in [3.63, 3.8) is 0 Å². The van der Waals surface area contributed by atoms with Crippen LogP contribution in [0.5, 0.6) is 0 Å². The Hall–Kier alpha value is -0.830. The van der Waals surface area contributed by atoms with E-state index in [-0.39, 0.29) is 17.3 Å². The monoisotopic (exact) mass is 268 g/mol. The molecular formula is C12H13BrO2. The van der Waals surface area contributed by atoms with E-state index in [1.807, 2.05) is 38.1 Å². The molecule has 2 unspecified atom stereocenters. The van der Waals surface area contributed by atoms with Gasteiger partial charge in [-0.2, -0.15) is 0 Å². The zero-order valence-electron chi connectivity index (χ0n) is 8.70. The van der Waals surface area contributed by atoms with Gasteiger partial charge in [-0.3, -0.25) is 4.79 Å². The molecule has 1 saturated carbocycles. The van der Waals surface area contributed by atoms with Crippen LogP contribution in [0.2, 0.25) is 0 Å². The molecule has 80 valence electrons. The third-order valence-corrected chi connectivity index (χ3v) is 3.85. The molecule has 0 heterocycles. The lowest BCUT2D eigenvalue weighted by Crippen LogP contribution is -2.03. The van der Waals surface area contributed by atoms with Crippen molar-refractivity contribution in [2.45, 2.75) is 19.8 Å². The van der Waals surface area contributed by atoms with E-state index in [0.29, 0.717) is 0 Å². The molecule has 0 radical (unpaired) electrons. The summed E-state index contributed by atoms with van der Waals surface area (Å²) in [4.78, 5) is 11.0. The standard InChI is InChI=1S/C12H13BrO2/c1-12(2)9(10(12)11(14)15)7-3-5-8(13)6-4-7/h3-6,9-10H,1-2H3,(H,14,15). The molecule has 0 aliphatic heterocycles. The number of aliphatic carboxylic acids is 1. The van der Waals surface area contributed by atoms with Crippen LogP contribution in [0.1, 0.15) is 25.3 Å². The third-order valence-electron chi connectivity index (χ3n) is 3.32. The molecule has 1 aromatic rings. The van der Waals surface area contributed by atoms with Gasteiger partial charge in [0, 0.05) is 10.4 Å². The fourth-order valence-electron chi connectivity index (χ4n) is 2.39. The second-order valence-electron chi connectivity index (χ2n) is 4.67. The SMILES string of the molecule is CC1(C)C(C(=O)O)C1c1ccc(Br)cc1. The maximum absolute atomic E-state index is 11.0. The van der Waals surface area contributed by atoms with Crippen molar-refractivity contribution in [2.75, 3.05) is 0 Å². The van der Waals surface area contributed by atoms with Gasteiger partial charge in [-0.05, 0) is 23.1 Å². The molecule has 1 N–H and O–H groups in total. The summed E-state index contributed by atoms with van der Waals surface area (Å²) in [6, 6.07) is 7.92. The molecule has 0 amide bonds. The molecule has 0 spiro atoms. The Balaban J connectivity index is 2.27. The average Bonchev–Trinajstić information content (AvgIpc) is 2.70. The molecular weight excluding hydrogens is 256 g/mol. The Labute approximate surface area is 97.4 Å². The highest BCUT2D eigenvalue weighted by molar-refractivity contribution is 9.10. The van der Waals surface area contributed by atoms with Crippen LogP contribution in [0.25, 0.3) is 0 Å². The predicted molar refractivity (Wildman–Crippen MR) is 61.8 cm³/mol. The van der Waals surface area contributed by atoms with E-state index in [9.17, 15) is 4.79 Å². The molecule has 0 saturated heterocycles. The molecule has 0 bridgehead atoms. The molecule has 1 fully saturated rings. The van der Waals surface area contributed by atoms with Crippen LogP contribution in [0, 0.1) is 11.3 Å². The molecule has 3 heteroatoms. The van der Waals surface area contributed by atoms with Crippen LogP contribution >= 0.6 is 15.9 Å². The van der Waals surface area contributed by atoms with Crippen molar-refractivity contribution in [3.8, 4) is 0 Å². The highest BCUT2D eigenvalue weighted by Crippen LogP contribution is 2.64. The summed E-state index contributed by atoms with van der Waals surface area (Å²) >= 11 is 3.37. The molecule has 0 aromatic heterocycles. The van der Waals surface area contributed by atoms with Gasteiger partial charge < -0.3 is 5.11 Å². The van der Waals surface area contributed by atoms with Crippen LogP contribution < -0.4 is 0 Å². The highest BCUT2D eigenvalue weighted by atomic mass is 79.9. The van der Waals surface area contributed by atoms with Gasteiger partial charge >= 0.3 is 5.97 Å². The first kappa shape index (κ1) is 10.7. The van der Waals surface area contributed by atoms with Crippen LogP contribution in [0.3, 0.4) is 0 Å². The maximum atomic E-state index is 11.0. The molecule has 1 aromatic carbocycles. The number of hydrogen-bond donors (Lipinski definition) is 1. The molecule has 2 nitrogen and oxygen atoms in total. The third kappa shape index (κ3) is 1.69. The van der Waals surface area contributed by atoms with E-state index in [1.54, 1.807) is 0 Å². The van der Waals surface area contributed by atoms with E-state index in [4.69, 9.17) is 5.11 Å². The number of carbonyl (C=O) groups is 1. The predicted octanol–water partition coefficient (Wildman–Crippen LogP) is 3.27. The summed E-state index contributed by atoms with van der Waals surface area (Å²) in [7, 11) is 0. The summed E-state index contributed by atoms with van der Waals surface area (Å²) in [5, 5.41) is 9.07. The molecule has 15 heavy (non-hydrogen) atoms. The summed E-state index contributed by atoms with van der Waals surface area (Å²) in [5.74, 6) is -0.769. The first-order valence-electron chi connectivity index (χ1n) is 4.93. The van der Waals surface area contributed by atoms with E-state index in [0.717, 1.165) is 10.0 Å². The zero-order chi connectivity index (χ0) is 11.2.